The average Bonchev–Trinajstić information content (AvgIpc) is 2.34. The van der Waals surface area contributed by atoms with Crippen LogP contribution in [-0.4, -0.2) is 19.4 Å². The number of carbonyl (C=O) groups excluding carboxylic acids is 1. The van der Waals surface area contributed by atoms with Gasteiger partial charge >= 0.3 is 6.47 Å². The van der Waals surface area contributed by atoms with Gasteiger partial charge in [0.2, 0.25) is 6.29 Å². The van der Waals surface area contributed by atoms with E-state index >= 15 is 0 Å². The van der Waals surface area contributed by atoms with Crippen molar-refractivity contribution < 1.29 is 19.3 Å². The molecule has 0 aromatic rings. The van der Waals surface area contributed by atoms with Gasteiger partial charge in [-0.25, -0.2) is 0 Å². The fourth-order valence-electron chi connectivity index (χ4n) is 0.709. The topological polar surface area (TPSA) is 44.8 Å². The van der Waals surface area contributed by atoms with Gasteiger partial charge < -0.3 is 4.74 Å². The molecule has 0 radical (unpaired) electrons. The van der Waals surface area contributed by atoms with Gasteiger partial charge in [-0.1, -0.05) is 0 Å². The predicted molar refractivity (Wildman–Crippen MR) is 27.2 cm³/mol. The molecular formula is C5H8O4. The van der Waals surface area contributed by atoms with Crippen molar-refractivity contribution in [3.8, 4) is 0 Å². The molecule has 4 heteroatoms. The highest BCUT2D eigenvalue weighted by Crippen LogP contribution is 2.12. The van der Waals surface area contributed by atoms with Gasteiger partial charge in [0.1, 0.15) is 0 Å². The zero-order valence-corrected chi connectivity index (χ0v) is 4.91. The first-order valence-corrected chi connectivity index (χ1v) is 2.81. The van der Waals surface area contributed by atoms with E-state index in [1.54, 1.807) is 0 Å². The molecule has 1 heterocycles. The first-order chi connectivity index (χ1) is 4.43. The molecule has 1 saturated heterocycles. The molecule has 1 aliphatic rings. The lowest BCUT2D eigenvalue weighted by atomic mass is 10.4. The van der Waals surface area contributed by atoms with Gasteiger partial charge in [-0.15, -0.1) is 0 Å². The molecule has 0 saturated carbocycles. The van der Waals surface area contributed by atoms with Crippen molar-refractivity contribution in [1.82, 2.24) is 0 Å². The third-order valence-electron chi connectivity index (χ3n) is 1.09. The molecule has 0 N–H and O–H groups in total. The highest BCUT2D eigenvalue weighted by Gasteiger charge is 2.16. The summed E-state index contributed by atoms with van der Waals surface area (Å²) >= 11 is 0. The van der Waals surface area contributed by atoms with E-state index in [9.17, 15) is 4.79 Å². The molecule has 4 nitrogen and oxygen atoms in total. The van der Waals surface area contributed by atoms with E-state index in [4.69, 9.17) is 4.74 Å². The summed E-state index contributed by atoms with van der Waals surface area (Å²) in [6.07, 6.45) is 1.43. The molecule has 1 fully saturated rings. The van der Waals surface area contributed by atoms with Crippen molar-refractivity contribution in [2.75, 3.05) is 6.61 Å². The summed E-state index contributed by atoms with van der Waals surface area (Å²) in [5, 5.41) is 0. The van der Waals surface area contributed by atoms with Gasteiger partial charge in [0.15, 0.2) is 0 Å². The maximum absolute atomic E-state index is 9.56. The zero-order chi connectivity index (χ0) is 6.53. The molecule has 0 spiro atoms. The van der Waals surface area contributed by atoms with E-state index in [2.05, 4.69) is 9.78 Å². The van der Waals surface area contributed by atoms with Crippen LogP contribution in [0.25, 0.3) is 0 Å². The molecule has 1 atom stereocenters. The van der Waals surface area contributed by atoms with E-state index in [0.717, 1.165) is 12.8 Å². The smallest absolute Gasteiger partial charge is 0.330 e. The van der Waals surface area contributed by atoms with Crippen LogP contribution >= 0.6 is 0 Å². The minimum absolute atomic E-state index is 0.238. The Hall–Kier alpha value is -0.610. The second-order valence-corrected chi connectivity index (χ2v) is 1.73. The Morgan fingerprint density at radius 1 is 1.67 bits per heavy atom. The third-order valence-corrected chi connectivity index (χ3v) is 1.09. The highest BCUT2D eigenvalue weighted by atomic mass is 17.2. The van der Waals surface area contributed by atoms with Crippen LogP contribution in [0.5, 0.6) is 0 Å². The van der Waals surface area contributed by atoms with Gasteiger partial charge in [0.25, 0.3) is 0 Å². The maximum Gasteiger partial charge on any atom is 0.330 e. The van der Waals surface area contributed by atoms with Crippen LogP contribution < -0.4 is 0 Å². The van der Waals surface area contributed by atoms with Crippen LogP contribution in [-0.2, 0) is 19.3 Å². The number of carbonyl (C=O) groups is 1. The quantitative estimate of drug-likeness (QED) is 0.313. The SMILES string of the molecule is O=COOC1CCCO1. The van der Waals surface area contributed by atoms with Crippen molar-refractivity contribution in [1.29, 1.82) is 0 Å². The predicted octanol–water partition coefficient (Wildman–Crippen LogP) is 0.228. The zero-order valence-electron chi connectivity index (χ0n) is 4.91. The lowest BCUT2D eigenvalue weighted by molar-refractivity contribution is -0.333. The van der Waals surface area contributed by atoms with Gasteiger partial charge in [-0.05, 0) is 6.42 Å². The van der Waals surface area contributed by atoms with Gasteiger partial charge in [-0.3, -0.25) is 9.68 Å². The first-order valence-electron chi connectivity index (χ1n) is 2.81. The summed E-state index contributed by atoms with van der Waals surface area (Å²) in [5.74, 6) is 0. The molecule has 0 aliphatic carbocycles. The molecule has 1 aliphatic heterocycles. The summed E-state index contributed by atoms with van der Waals surface area (Å²) in [6, 6.07) is 0. The third kappa shape index (κ3) is 1.99. The minimum Gasteiger partial charge on any atom is -0.349 e. The van der Waals surface area contributed by atoms with E-state index < -0.39 is 0 Å². The Balaban J connectivity index is 2.04. The maximum atomic E-state index is 9.56. The molecule has 9 heavy (non-hydrogen) atoms. The van der Waals surface area contributed by atoms with E-state index in [1.165, 1.54) is 0 Å². The number of hydrogen-bond donors (Lipinski definition) is 0. The van der Waals surface area contributed by atoms with Crippen molar-refractivity contribution in [3.63, 3.8) is 0 Å². The Labute approximate surface area is 52.6 Å². The summed E-state index contributed by atoms with van der Waals surface area (Å²) in [5.41, 5.74) is 0. The standard InChI is InChI=1S/C5H8O4/c6-4-8-9-5-2-1-3-7-5/h4-5H,1-3H2. The monoisotopic (exact) mass is 132 g/mol. The average molecular weight is 132 g/mol. The van der Waals surface area contributed by atoms with Crippen LogP contribution in [0.4, 0.5) is 0 Å². The Kier molecular flexibility index (Phi) is 2.48. The fourth-order valence-corrected chi connectivity index (χ4v) is 0.709. The lowest BCUT2D eigenvalue weighted by Gasteiger charge is -2.04. The largest absolute Gasteiger partial charge is 0.349 e. The van der Waals surface area contributed by atoms with Crippen molar-refractivity contribution in [2.45, 2.75) is 19.1 Å². The van der Waals surface area contributed by atoms with Crippen LogP contribution in [0.2, 0.25) is 0 Å². The molecule has 0 aromatic heterocycles. The fraction of sp³-hybridized carbons (Fsp3) is 0.800. The van der Waals surface area contributed by atoms with Crippen LogP contribution in [0, 0.1) is 0 Å². The Bertz CT molecular complexity index is 87.0. The van der Waals surface area contributed by atoms with E-state index in [0.29, 0.717) is 6.61 Å². The molecule has 0 bridgehead atoms. The second-order valence-electron chi connectivity index (χ2n) is 1.73. The number of ether oxygens (including phenoxy) is 1. The number of hydrogen-bond acceptors (Lipinski definition) is 4. The second kappa shape index (κ2) is 3.42. The molecule has 52 valence electrons. The van der Waals surface area contributed by atoms with E-state index in [1.807, 2.05) is 0 Å². The summed E-state index contributed by atoms with van der Waals surface area (Å²) in [7, 11) is 0. The molecular weight excluding hydrogens is 124 g/mol. The summed E-state index contributed by atoms with van der Waals surface area (Å²) < 4.78 is 4.95. The molecule has 0 aromatic carbocycles. The van der Waals surface area contributed by atoms with Crippen LogP contribution in [0.15, 0.2) is 0 Å². The molecule has 1 rings (SSSR count). The highest BCUT2D eigenvalue weighted by molar-refractivity contribution is 5.35. The van der Waals surface area contributed by atoms with E-state index in [-0.39, 0.29) is 12.8 Å². The lowest BCUT2D eigenvalue weighted by Crippen LogP contribution is -2.09. The molecule has 0 amide bonds. The first kappa shape index (κ1) is 6.51. The Morgan fingerprint density at radius 3 is 3.11 bits per heavy atom. The van der Waals surface area contributed by atoms with Gasteiger partial charge in [0.05, 0.1) is 6.61 Å². The van der Waals surface area contributed by atoms with Crippen LogP contribution in [0.1, 0.15) is 12.8 Å². The summed E-state index contributed by atoms with van der Waals surface area (Å²) in [4.78, 5) is 18.0. The summed E-state index contributed by atoms with van der Waals surface area (Å²) in [6.45, 7) is 0.925. The van der Waals surface area contributed by atoms with Crippen LogP contribution in [0.3, 0.4) is 0 Å². The minimum atomic E-state index is -0.338. The van der Waals surface area contributed by atoms with Crippen molar-refractivity contribution in [2.24, 2.45) is 0 Å². The normalized spacial score (nSPS) is 26.0. The van der Waals surface area contributed by atoms with Crippen molar-refractivity contribution >= 4 is 6.47 Å². The Morgan fingerprint density at radius 2 is 2.56 bits per heavy atom. The van der Waals surface area contributed by atoms with Gasteiger partial charge in [-0.2, -0.15) is 4.89 Å². The van der Waals surface area contributed by atoms with Crippen molar-refractivity contribution in [3.05, 3.63) is 0 Å². The van der Waals surface area contributed by atoms with Gasteiger partial charge in [0, 0.05) is 6.42 Å². The molecule has 1 unspecified atom stereocenters. The number of rotatable bonds is 3.